The fourth-order valence-electron chi connectivity index (χ4n) is 0. The Morgan fingerprint density at radius 2 is 1.12 bits per heavy atom. The predicted octanol–water partition coefficient (Wildman–Crippen LogP) is -0.398. The molecule has 0 fully saturated rings. The first kappa shape index (κ1) is 8.10. The van der Waals surface area contributed by atoms with E-state index in [2.05, 4.69) is 0 Å². The molecule has 6 N–H and O–H groups in total. The Morgan fingerprint density at radius 3 is 1.12 bits per heavy atom. The molecule has 0 aliphatic heterocycles. The topological polar surface area (TPSA) is 78.1 Å². The molecule has 0 saturated heterocycles. The molecule has 0 heterocycles. The molecule has 0 saturated carbocycles. The average molecular weight is 133 g/mol. The molecule has 0 aromatic heterocycles. The summed E-state index contributed by atoms with van der Waals surface area (Å²) < 4.78 is 0. The SMILES string of the molecule is CC(C)(C)[Si](N)(N)N. The summed E-state index contributed by atoms with van der Waals surface area (Å²) in [5.74, 6) is 0. The Morgan fingerprint density at radius 1 is 1.00 bits per heavy atom. The smallest absolute Gasteiger partial charge is 0.278 e. The van der Waals surface area contributed by atoms with Gasteiger partial charge in [0.2, 0.25) is 0 Å². The molecule has 0 spiro atoms. The van der Waals surface area contributed by atoms with Crippen molar-refractivity contribution in [3.8, 4) is 0 Å². The van der Waals surface area contributed by atoms with E-state index in [1.807, 2.05) is 20.8 Å². The van der Waals surface area contributed by atoms with E-state index in [4.69, 9.17) is 16.2 Å². The van der Waals surface area contributed by atoms with Gasteiger partial charge >= 0.3 is 0 Å². The zero-order valence-electron chi connectivity index (χ0n) is 5.73. The fourth-order valence-corrected chi connectivity index (χ4v) is 0. The van der Waals surface area contributed by atoms with Gasteiger partial charge in [-0.05, 0) is 5.04 Å². The maximum atomic E-state index is 5.51. The predicted molar refractivity (Wildman–Crippen MR) is 38.0 cm³/mol. The molecular weight excluding hydrogens is 118 g/mol. The average Bonchev–Trinajstić information content (AvgIpc) is 1.25. The second-order valence-corrected chi connectivity index (χ2v) is 6.55. The summed E-state index contributed by atoms with van der Waals surface area (Å²) in [6.45, 7) is 5.87. The first-order valence-electron chi connectivity index (χ1n) is 2.62. The minimum absolute atomic E-state index is 0.0903. The highest BCUT2D eigenvalue weighted by molar-refractivity contribution is 6.73. The molecule has 0 aliphatic rings. The second kappa shape index (κ2) is 1.80. The largest absolute Gasteiger partial charge is 0.327 e. The van der Waals surface area contributed by atoms with E-state index >= 15 is 0 Å². The number of hydrogen-bond donors (Lipinski definition) is 3. The molecule has 0 amide bonds. The van der Waals surface area contributed by atoms with Crippen molar-refractivity contribution < 1.29 is 0 Å². The van der Waals surface area contributed by atoms with E-state index in [0.29, 0.717) is 0 Å². The molecule has 50 valence electrons. The molecule has 0 aromatic rings. The minimum atomic E-state index is -2.36. The van der Waals surface area contributed by atoms with Gasteiger partial charge in [0.05, 0.1) is 0 Å². The van der Waals surface area contributed by atoms with Crippen molar-refractivity contribution in [3.63, 3.8) is 0 Å². The van der Waals surface area contributed by atoms with Gasteiger partial charge in [0.25, 0.3) is 8.56 Å². The molecule has 0 bridgehead atoms. The summed E-state index contributed by atoms with van der Waals surface area (Å²) >= 11 is 0. The van der Waals surface area contributed by atoms with Gasteiger partial charge in [-0.1, -0.05) is 20.8 Å². The van der Waals surface area contributed by atoms with Crippen LogP contribution in [-0.4, -0.2) is 8.56 Å². The van der Waals surface area contributed by atoms with E-state index in [-0.39, 0.29) is 5.04 Å². The van der Waals surface area contributed by atoms with Crippen LogP contribution in [0.2, 0.25) is 5.04 Å². The minimum Gasteiger partial charge on any atom is -0.327 e. The summed E-state index contributed by atoms with van der Waals surface area (Å²) in [4.78, 5) is 0. The van der Waals surface area contributed by atoms with Crippen LogP contribution < -0.4 is 16.2 Å². The van der Waals surface area contributed by atoms with Crippen molar-refractivity contribution in [3.05, 3.63) is 0 Å². The molecular formula is C4H15N3Si. The van der Waals surface area contributed by atoms with Crippen LogP contribution in [0.5, 0.6) is 0 Å². The first-order chi connectivity index (χ1) is 3.25. The van der Waals surface area contributed by atoms with E-state index in [9.17, 15) is 0 Å². The maximum Gasteiger partial charge on any atom is 0.278 e. The third-order valence-electron chi connectivity index (χ3n) is 1.30. The van der Waals surface area contributed by atoms with Gasteiger partial charge in [-0.25, -0.2) is 0 Å². The van der Waals surface area contributed by atoms with Crippen LogP contribution in [0.3, 0.4) is 0 Å². The van der Waals surface area contributed by atoms with Gasteiger partial charge in [-0.2, -0.15) is 0 Å². The normalized spacial score (nSPS) is 14.2. The van der Waals surface area contributed by atoms with Crippen LogP contribution in [0.4, 0.5) is 0 Å². The van der Waals surface area contributed by atoms with E-state index in [1.165, 1.54) is 0 Å². The number of rotatable bonds is 0. The molecule has 0 rings (SSSR count). The molecule has 0 atom stereocenters. The van der Waals surface area contributed by atoms with Gasteiger partial charge in [-0.3, -0.25) is 0 Å². The van der Waals surface area contributed by atoms with Crippen molar-refractivity contribution in [1.82, 2.24) is 0 Å². The van der Waals surface area contributed by atoms with Gasteiger partial charge in [0.15, 0.2) is 0 Å². The van der Waals surface area contributed by atoms with Crippen LogP contribution >= 0.6 is 0 Å². The highest BCUT2D eigenvalue weighted by Crippen LogP contribution is 2.24. The monoisotopic (exact) mass is 133 g/mol. The number of hydrogen-bond acceptors (Lipinski definition) is 3. The standard InChI is InChI=1S/C4H15N3Si/c1-4(2,3)8(5,6)7/h5-7H2,1-3H3. The maximum absolute atomic E-state index is 5.51. The van der Waals surface area contributed by atoms with Crippen LogP contribution in [-0.2, 0) is 0 Å². The lowest BCUT2D eigenvalue weighted by atomic mass is 10.3. The Bertz CT molecular complexity index is 66.3. The zero-order valence-corrected chi connectivity index (χ0v) is 6.73. The molecule has 0 radical (unpaired) electrons. The molecule has 0 aliphatic carbocycles. The lowest BCUT2D eigenvalue weighted by Crippen LogP contribution is -2.70. The third-order valence-corrected chi connectivity index (χ3v) is 3.90. The van der Waals surface area contributed by atoms with Crippen molar-refractivity contribution in [1.29, 1.82) is 0 Å². The number of nitrogens with two attached hydrogens (primary N) is 3. The third kappa shape index (κ3) is 1.91. The summed E-state index contributed by atoms with van der Waals surface area (Å²) in [7, 11) is -2.36. The summed E-state index contributed by atoms with van der Waals surface area (Å²) in [5, 5.41) is 16.4. The Kier molecular flexibility index (Phi) is 1.82. The van der Waals surface area contributed by atoms with Gasteiger partial charge < -0.3 is 16.2 Å². The molecule has 4 heteroatoms. The lowest BCUT2D eigenvalue weighted by Gasteiger charge is -2.29. The van der Waals surface area contributed by atoms with Crippen LogP contribution in [0.15, 0.2) is 0 Å². The molecule has 0 unspecified atom stereocenters. The highest BCUT2D eigenvalue weighted by Gasteiger charge is 2.34. The Balaban J connectivity index is 4.02. The quantitative estimate of drug-likeness (QED) is 0.393. The summed E-state index contributed by atoms with van der Waals surface area (Å²) in [6.07, 6.45) is 0. The van der Waals surface area contributed by atoms with E-state index in [0.717, 1.165) is 0 Å². The van der Waals surface area contributed by atoms with Crippen LogP contribution in [0.1, 0.15) is 20.8 Å². The molecule has 0 aromatic carbocycles. The second-order valence-electron chi connectivity index (χ2n) is 3.18. The molecule has 3 nitrogen and oxygen atoms in total. The fraction of sp³-hybridized carbons (Fsp3) is 1.00. The van der Waals surface area contributed by atoms with Gasteiger partial charge in [0.1, 0.15) is 0 Å². The van der Waals surface area contributed by atoms with Crippen molar-refractivity contribution in [2.24, 2.45) is 16.2 Å². The summed E-state index contributed by atoms with van der Waals surface area (Å²) in [5.41, 5.74) is 0. The van der Waals surface area contributed by atoms with Gasteiger partial charge in [0, 0.05) is 0 Å². The Hall–Kier alpha value is 0.0969. The van der Waals surface area contributed by atoms with E-state index < -0.39 is 8.56 Å². The lowest BCUT2D eigenvalue weighted by molar-refractivity contribution is 0.706. The van der Waals surface area contributed by atoms with Crippen molar-refractivity contribution in [2.75, 3.05) is 0 Å². The Labute approximate surface area is 51.5 Å². The van der Waals surface area contributed by atoms with Crippen molar-refractivity contribution >= 4 is 8.56 Å². The van der Waals surface area contributed by atoms with Crippen LogP contribution in [0.25, 0.3) is 0 Å². The molecule has 8 heavy (non-hydrogen) atoms. The van der Waals surface area contributed by atoms with Gasteiger partial charge in [-0.15, -0.1) is 0 Å². The van der Waals surface area contributed by atoms with Crippen molar-refractivity contribution in [2.45, 2.75) is 25.8 Å². The van der Waals surface area contributed by atoms with Crippen LogP contribution in [0, 0.1) is 0 Å². The van der Waals surface area contributed by atoms with E-state index in [1.54, 1.807) is 0 Å². The first-order valence-corrected chi connectivity index (χ1v) is 4.85. The summed E-state index contributed by atoms with van der Waals surface area (Å²) in [6, 6.07) is 0. The highest BCUT2D eigenvalue weighted by atomic mass is 28.4. The zero-order chi connectivity index (χ0) is 7.00.